The molecule has 0 saturated carbocycles. The molecule has 0 unspecified atom stereocenters. The van der Waals surface area contributed by atoms with E-state index in [1.807, 2.05) is 0 Å². The molecule has 0 aliphatic rings. The molecule has 0 atom stereocenters. The summed E-state index contributed by atoms with van der Waals surface area (Å²) in [4.78, 5) is 32.4. The first-order chi connectivity index (χ1) is 14.3. The quantitative estimate of drug-likeness (QED) is 0.284. The lowest BCUT2D eigenvalue weighted by Crippen LogP contribution is -2.06. The number of non-ortho nitro benzene ring substituents is 2. The topological polar surface area (TPSA) is 122 Å². The first kappa shape index (κ1) is 20.7. The van der Waals surface area contributed by atoms with Gasteiger partial charge in [0.05, 0.1) is 20.4 Å². The number of carbonyl (C=O) groups excluding carboxylic acids is 1. The average Bonchev–Trinajstić information content (AvgIpc) is 2.73. The van der Waals surface area contributed by atoms with Crippen molar-refractivity contribution in [2.24, 2.45) is 0 Å². The minimum atomic E-state index is -0.707. The van der Waals surface area contributed by atoms with Crippen LogP contribution in [0.1, 0.15) is 15.9 Å². The third-order valence-electron chi connectivity index (χ3n) is 3.96. The standard InChI is InChI=1S/C20H13ClN2O7/c21-19-11-15(23(27)28)5-10-18(19)20(24)29-12-13-1-6-16(7-2-13)30-17-8-3-14(4-9-17)22(25)26/h1-11H,12H2. The van der Waals surface area contributed by atoms with Crippen molar-refractivity contribution in [2.45, 2.75) is 6.61 Å². The van der Waals surface area contributed by atoms with Gasteiger partial charge in [0, 0.05) is 24.3 Å². The predicted octanol–water partition coefficient (Wildman–Crippen LogP) is 5.31. The third-order valence-corrected chi connectivity index (χ3v) is 4.27. The fraction of sp³-hybridized carbons (Fsp3) is 0.0500. The zero-order valence-electron chi connectivity index (χ0n) is 15.2. The lowest BCUT2D eigenvalue weighted by molar-refractivity contribution is -0.385. The maximum atomic E-state index is 12.2. The summed E-state index contributed by atoms with van der Waals surface area (Å²) in [7, 11) is 0. The average molecular weight is 429 g/mol. The number of ether oxygens (including phenoxy) is 2. The van der Waals surface area contributed by atoms with Crippen LogP contribution in [0, 0.1) is 20.2 Å². The van der Waals surface area contributed by atoms with E-state index in [1.54, 1.807) is 24.3 Å². The molecular weight excluding hydrogens is 416 g/mol. The van der Waals surface area contributed by atoms with Gasteiger partial charge in [0.15, 0.2) is 0 Å². The molecule has 0 amide bonds. The van der Waals surface area contributed by atoms with Crippen LogP contribution in [0.4, 0.5) is 11.4 Å². The number of hydrogen-bond donors (Lipinski definition) is 0. The van der Waals surface area contributed by atoms with Crippen LogP contribution in [0.3, 0.4) is 0 Å². The fourth-order valence-corrected chi connectivity index (χ4v) is 2.69. The predicted molar refractivity (Wildman–Crippen MR) is 107 cm³/mol. The van der Waals surface area contributed by atoms with Crippen molar-refractivity contribution < 1.29 is 24.1 Å². The summed E-state index contributed by atoms with van der Waals surface area (Å²) in [6.07, 6.45) is 0. The van der Waals surface area contributed by atoms with E-state index in [-0.39, 0.29) is 28.6 Å². The molecule has 9 nitrogen and oxygen atoms in total. The lowest BCUT2D eigenvalue weighted by Gasteiger charge is -2.08. The second-order valence-corrected chi connectivity index (χ2v) is 6.40. The van der Waals surface area contributed by atoms with Gasteiger partial charge in [-0.3, -0.25) is 20.2 Å². The Morgan fingerprint density at radius 3 is 1.90 bits per heavy atom. The van der Waals surface area contributed by atoms with Crippen LogP contribution in [0.15, 0.2) is 66.7 Å². The highest BCUT2D eigenvalue weighted by Gasteiger charge is 2.16. The highest BCUT2D eigenvalue weighted by Crippen LogP contribution is 2.25. The second kappa shape index (κ2) is 9.01. The van der Waals surface area contributed by atoms with E-state index < -0.39 is 15.8 Å². The van der Waals surface area contributed by atoms with Gasteiger partial charge in [-0.05, 0) is 35.9 Å². The summed E-state index contributed by atoms with van der Waals surface area (Å²) < 4.78 is 10.8. The number of benzene rings is 3. The molecule has 3 aromatic carbocycles. The summed E-state index contributed by atoms with van der Waals surface area (Å²) >= 11 is 5.92. The molecule has 0 heterocycles. The number of hydrogen-bond acceptors (Lipinski definition) is 7. The van der Waals surface area contributed by atoms with Crippen LogP contribution in [0.25, 0.3) is 0 Å². The summed E-state index contributed by atoms with van der Waals surface area (Å²) in [6, 6.07) is 15.8. The second-order valence-electron chi connectivity index (χ2n) is 5.99. The SMILES string of the molecule is O=C(OCc1ccc(Oc2ccc([N+](=O)[O-])cc2)cc1)c1ccc([N+](=O)[O-])cc1Cl. The summed E-state index contributed by atoms with van der Waals surface area (Å²) in [5.74, 6) is 0.228. The van der Waals surface area contributed by atoms with E-state index in [9.17, 15) is 25.0 Å². The maximum Gasteiger partial charge on any atom is 0.339 e. The number of rotatable bonds is 7. The smallest absolute Gasteiger partial charge is 0.339 e. The number of halogens is 1. The van der Waals surface area contributed by atoms with Crippen molar-refractivity contribution >= 4 is 28.9 Å². The van der Waals surface area contributed by atoms with E-state index in [4.69, 9.17) is 21.1 Å². The largest absolute Gasteiger partial charge is 0.457 e. The zero-order valence-corrected chi connectivity index (χ0v) is 15.9. The Hall–Kier alpha value is -3.98. The van der Waals surface area contributed by atoms with Gasteiger partial charge in [-0.2, -0.15) is 0 Å². The molecule has 30 heavy (non-hydrogen) atoms. The Bertz CT molecular complexity index is 1100. The van der Waals surface area contributed by atoms with Crippen LogP contribution in [-0.2, 0) is 11.3 Å². The first-order valence-electron chi connectivity index (χ1n) is 8.46. The van der Waals surface area contributed by atoms with E-state index in [0.29, 0.717) is 17.1 Å². The van der Waals surface area contributed by atoms with Crippen molar-refractivity contribution in [1.82, 2.24) is 0 Å². The molecule has 0 aliphatic heterocycles. The molecule has 0 radical (unpaired) electrons. The van der Waals surface area contributed by atoms with Gasteiger partial charge < -0.3 is 9.47 Å². The molecular formula is C20H13ClN2O7. The molecule has 0 N–H and O–H groups in total. The molecule has 0 aromatic heterocycles. The number of carbonyl (C=O) groups is 1. The summed E-state index contributed by atoms with van der Waals surface area (Å²) in [5.41, 5.74) is 0.450. The highest BCUT2D eigenvalue weighted by atomic mass is 35.5. The van der Waals surface area contributed by atoms with Crippen molar-refractivity contribution in [3.63, 3.8) is 0 Å². The molecule has 152 valence electrons. The first-order valence-corrected chi connectivity index (χ1v) is 8.83. The number of nitro groups is 2. The van der Waals surface area contributed by atoms with E-state index in [0.717, 1.165) is 6.07 Å². The Morgan fingerprint density at radius 2 is 1.37 bits per heavy atom. The molecule has 3 aromatic rings. The van der Waals surface area contributed by atoms with Crippen LogP contribution in [-0.4, -0.2) is 15.8 Å². The Balaban J connectivity index is 1.58. The van der Waals surface area contributed by atoms with Gasteiger partial charge in [-0.25, -0.2) is 4.79 Å². The zero-order chi connectivity index (χ0) is 21.7. The van der Waals surface area contributed by atoms with Gasteiger partial charge in [0.25, 0.3) is 11.4 Å². The van der Waals surface area contributed by atoms with Gasteiger partial charge in [-0.1, -0.05) is 23.7 Å². The fourth-order valence-electron chi connectivity index (χ4n) is 2.44. The Kier molecular flexibility index (Phi) is 6.23. The highest BCUT2D eigenvalue weighted by molar-refractivity contribution is 6.33. The molecule has 3 rings (SSSR count). The van der Waals surface area contributed by atoms with Gasteiger partial charge >= 0.3 is 5.97 Å². The van der Waals surface area contributed by atoms with Crippen molar-refractivity contribution in [3.8, 4) is 11.5 Å². The van der Waals surface area contributed by atoms with E-state index >= 15 is 0 Å². The number of esters is 1. The van der Waals surface area contributed by atoms with Crippen molar-refractivity contribution in [3.05, 3.63) is 103 Å². The third kappa shape index (κ3) is 5.09. The van der Waals surface area contributed by atoms with Gasteiger partial charge in [0.1, 0.15) is 18.1 Å². The van der Waals surface area contributed by atoms with E-state index in [2.05, 4.69) is 0 Å². The Labute approximate surface area is 174 Å². The van der Waals surface area contributed by atoms with Crippen molar-refractivity contribution in [1.29, 1.82) is 0 Å². The molecule has 0 saturated heterocycles. The monoisotopic (exact) mass is 428 g/mol. The molecule has 0 bridgehead atoms. The van der Waals surface area contributed by atoms with Gasteiger partial charge in [0.2, 0.25) is 0 Å². The van der Waals surface area contributed by atoms with E-state index in [1.165, 1.54) is 36.4 Å². The normalized spacial score (nSPS) is 10.3. The maximum absolute atomic E-state index is 12.2. The van der Waals surface area contributed by atoms with Crippen LogP contribution >= 0.6 is 11.6 Å². The van der Waals surface area contributed by atoms with Crippen LogP contribution in [0.2, 0.25) is 5.02 Å². The van der Waals surface area contributed by atoms with Gasteiger partial charge in [-0.15, -0.1) is 0 Å². The minimum Gasteiger partial charge on any atom is -0.457 e. The lowest BCUT2D eigenvalue weighted by atomic mass is 10.2. The molecule has 0 aliphatic carbocycles. The molecule has 0 spiro atoms. The number of nitro benzene ring substituents is 2. The van der Waals surface area contributed by atoms with Crippen LogP contribution < -0.4 is 4.74 Å². The molecule has 10 heteroatoms. The summed E-state index contributed by atoms with van der Waals surface area (Å²) in [6.45, 7) is -0.0377. The molecule has 0 fully saturated rings. The number of nitrogens with zero attached hydrogens (tertiary/aromatic N) is 2. The van der Waals surface area contributed by atoms with Crippen molar-refractivity contribution in [2.75, 3.05) is 0 Å². The minimum absolute atomic E-state index is 0.0281. The van der Waals surface area contributed by atoms with Crippen LogP contribution in [0.5, 0.6) is 11.5 Å². The summed E-state index contributed by atoms with van der Waals surface area (Å²) in [5, 5.41) is 21.3. The Morgan fingerprint density at radius 1 is 0.833 bits per heavy atom.